The number of nitrogens with one attached hydrogen (secondary N) is 1. The van der Waals surface area contributed by atoms with Crippen LogP contribution in [0, 0.1) is 18.3 Å². The van der Waals surface area contributed by atoms with Gasteiger partial charge >= 0.3 is 12.0 Å². The van der Waals surface area contributed by atoms with Crippen LogP contribution in [0.3, 0.4) is 0 Å². The normalized spacial score (nSPS) is 27.7. The fourth-order valence-corrected chi connectivity index (χ4v) is 3.56. The number of carbonyl (C=O) groups is 2. The number of carboxylic acids is 1. The number of hydrogen-bond acceptors (Lipinski definition) is 4. The molecule has 1 saturated carbocycles. The van der Waals surface area contributed by atoms with Crippen LogP contribution in [0.15, 0.2) is 10.8 Å². The monoisotopic (exact) mass is 293 g/mol. The van der Waals surface area contributed by atoms with E-state index in [1.165, 1.54) is 6.39 Å². The molecule has 2 atom stereocenters. The van der Waals surface area contributed by atoms with Crippen LogP contribution in [-0.2, 0) is 11.3 Å². The van der Waals surface area contributed by atoms with Crippen LogP contribution in [0.25, 0.3) is 0 Å². The van der Waals surface area contributed by atoms with Crippen molar-refractivity contribution >= 4 is 12.0 Å². The maximum Gasteiger partial charge on any atom is 0.317 e. The summed E-state index contributed by atoms with van der Waals surface area (Å²) in [5, 5.41) is 12.3. The number of likely N-dealkylation sites (tertiary alicyclic amines) is 1. The third-order valence-electron chi connectivity index (χ3n) is 4.84. The quantitative estimate of drug-likeness (QED) is 0.877. The smallest absolute Gasteiger partial charge is 0.317 e. The van der Waals surface area contributed by atoms with Crippen LogP contribution >= 0.6 is 0 Å². The Morgan fingerprint density at radius 3 is 3.05 bits per heavy atom. The Hall–Kier alpha value is -2.05. The zero-order valence-corrected chi connectivity index (χ0v) is 12.0. The molecule has 1 aromatic heterocycles. The van der Waals surface area contributed by atoms with Gasteiger partial charge in [-0.3, -0.25) is 4.79 Å². The number of rotatable bonds is 3. The summed E-state index contributed by atoms with van der Waals surface area (Å²) in [7, 11) is 0. The van der Waals surface area contributed by atoms with Crippen molar-refractivity contribution in [2.45, 2.75) is 32.7 Å². The second-order valence-corrected chi connectivity index (χ2v) is 5.94. The second-order valence-electron chi connectivity index (χ2n) is 5.94. The van der Waals surface area contributed by atoms with E-state index in [-0.39, 0.29) is 11.9 Å². The molecule has 21 heavy (non-hydrogen) atoms. The Morgan fingerprint density at radius 1 is 1.62 bits per heavy atom. The predicted octanol–water partition coefficient (Wildman–Crippen LogP) is 1.38. The summed E-state index contributed by atoms with van der Waals surface area (Å²) >= 11 is 0. The van der Waals surface area contributed by atoms with E-state index in [1.807, 2.05) is 0 Å². The Kier molecular flexibility index (Phi) is 3.35. The van der Waals surface area contributed by atoms with Crippen LogP contribution in [0.1, 0.15) is 30.7 Å². The van der Waals surface area contributed by atoms with E-state index in [0.717, 1.165) is 12.8 Å². The number of urea groups is 1. The van der Waals surface area contributed by atoms with Gasteiger partial charge in [0.15, 0.2) is 6.39 Å². The lowest BCUT2D eigenvalue weighted by molar-refractivity contribution is -0.149. The number of nitrogens with zero attached hydrogens (tertiary/aromatic N) is 2. The Balaban J connectivity index is 1.62. The highest BCUT2D eigenvalue weighted by atomic mass is 16.4. The first-order chi connectivity index (χ1) is 10.0. The van der Waals surface area contributed by atoms with Crippen molar-refractivity contribution in [1.82, 2.24) is 15.2 Å². The van der Waals surface area contributed by atoms with Gasteiger partial charge < -0.3 is 19.7 Å². The summed E-state index contributed by atoms with van der Waals surface area (Å²) < 4.78 is 5.08. The van der Waals surface area contributed by atoms with Gasteiger partial charge in [0.2, 0.25) is 0 Å². The third-order valence-corrected chi connectivity index (χ3v) is 4.84. The molecule has 0 radical (unpaired) electrons. The molecule has 2 aliphatic rings. The number of hydrogen-bond donors (Lipinski definition) is 2. The Morgan fingerprint density at radius 2 is 2.43 bits per heavy atom. The molecule has 1 saturated heterocycles. The van der Waals surface area contributed by atoms with Gasteiger partial charge in [-0.25, -0.2) is 9.78 Å². The molecular weight excluding hydrogens is 274 g/mol. The summed E-state index contributed by atoms with van der Waals surface area (Å²) in [5.74, 6) is -0.0159. The lowest BCUT2D eigenvalue weighted by Crippen LogP contribution is -2.41. The molecule has 2 N–H and O–H groups in total. The van der Waals surface area contributed by atoms with Gasteiger partial charge in [-0.05, 0) is 25.7 Å². The zero-order valence-electron chi connectivity index (χ0n) is 12.0. The fraction of sp³-hybridized carbons (Fsp3) is 0.643. The highest BCUT2D eigenvalue weighted by Crippen LogP contribution is 2.48. The van der Waals surface area contributed by atoms with Gasteiger partial charge in [0.05, 0.1) is 12.0 Å². The van der Waals surface area contributed by atoms with Crippen LogP contribution in [0.4, 0.5) is 4.79 Å². The number of aryl methyl sites for hydroxylation is 1. The minimum atomic E-state index is -0.771. The van der Waals surface area contributed by atoms with Crippen molar-refractivity contribution in [3.8, 4) is 0 Å². The number of carboxylic acid groups (broad SMARTS) is 1. The van der Waals surface area contributed by atoms with Gasteiger partial charge in [-0.2, -0.15) is 0 Å². The van der Waals surface area contributed by atoms with Crippen molar-refractivity contribution in [3.05, 3.63) is 17.8 Å². The Labute approximate surface area is 122 Å². The standard InChI is InChI=1S/C14H19N3O4/c1-9-11(16-8-21-9)5-15-13(20)17-6-10-3-2-4-14(10,7-17)12(18)19/h8,10H,2-7H2,1H3,(H,15,20)(H,18,19)/t10-,14+/m0/s1. The first-order valence-electron chi connectivity index (χ1n) is 7.18. The maximum absolute atomic E-state index is 12.2. The molecule has 0 unspecified atom stereocenters. The number of carbonyl (C=O) groups excluding carboxylic acids is 1. The lowest BCUT2D eigenvalue weighted by Gasteiger charge is -2.23. The van der Waals surface area contributed by atoms with Gasteiger partial charge in [0.1, 0.15) is 11.5 Å². The van der Waals surface area contributed by atoms with Crippen LogP contribution < -0.4 is 5.32 Å². The number of amides is 2. The molecule has 0 bridgehead atoms. The molecule has 114 valence electrons. The third kappa shape index (κ3) is 2.26. The molecule has 1 aliphatic heterocycles. The summed E-state index contributed by atoms with van der Waals surface area (Å²) in [6, 6.07) is -0.229. The molecule has 3 rings (SSSR count). The van der Waals surface area contributed by atoms with Crippen molar-refractivity contribution in [3.63, 3.8) is 0 Å². The molecule has 7 nitrogen and oxygen atoms in total. The van der Waals surface area contributed by atoms with Crippen LogP contribution in [-0.4, -0.2) is 40.1 Å². The average molecular weight is 293 g/mol. The Bertz CT molecular complexity index is 570. The predicted molar refractivity (Wildman–Crippen MR) is 72.5 cm³/mol. The molecule has 1 aliphatic carbocycles. The van der Waals surface area contributed by atoms with E-state index < -0.39 is 11.4 Å². The fourth-order valence-electron chi connectivity index (χ4n) is 3.56. The number of oxazole rings is 1. The van der Waals surface area contributed by atoms with Crippen molar-refractivity contribution in [1.29, 1.82) is 0 Å². The zero-order chi connectivity index (χ0) is 15.0. The highest BCUT2D eigenvalue weighted by molar-refractivity contribution is 5.80. The van der Waals surface area contributed by atoms with E-state index in [4.69, 9.17) is 4.42 Å². The minimum absolute atomic E-state index is 0.0783. The largest absolute Gasteiger partial charge is 0.481 e. The average Bonchev–Trinajstić information content (AvgIpc) is 3.09. The van der Waals surface area contributed by atoms with Crippen LogP contribution in [0.5, 0.6) is 0 Å². The summed E-state index contributed by atoms with van der Waals surface area (Å²) in [4.78, 5) is 29.4. The molecule has 0 spiro atoms. The number of aliphatic carboxylic acids is 1. The number of fused-ring (bicyclic) bond motifs is 1. The highest BCUT2D eigenvalue weighted by Gasteiger charge is 2.55. The van der Waals surface area contributed by atoms with E-state index in [0.29, 0.717) is 37.5 Å². The maximum atomic E-state index is 12.2. The summed E-state index contributed by atoms with van der Waals surface area (Å²) in [5.41, 5.74) is -0.0445. The summed E-state index contributed by atoms with van der Waals surface area (Å²) in [6.07, 6.45) is 3.83. The number of aromatic nitrogens is 1. The molecule has 2 heterocycles. The van der Waals surface area contributed by atoms with E-state index >= 15 is 0 Å². The topological polar surface area (TPSA) is 95.7 Å². The minimum Gasteiger partial charge on any atom is -0.481 e. The first kappa shape index (κ1) is 13.9. The van der Waals surface area contributed by atoms with Crippen molar-refractivity contribution in [2.24, 2.45) is 11.3 Å². The second kappa shape index (κ2) is 5.05. The lowest BCUT2D eigenvalue weighted by atomic mass is 9.81. The first-order valence-corrected chi connectivity index (χ1v) is 7.18. The van der Waals surface area contributed by atoms with Gasteiger partial charge in [0.25, 0.3) is 0 Å². The van der Waals surface area contributed by atoms with Gasteiger partial charge in [-0.15, -0.1) is 0 Å². The molecular formula is C14H19N3O4. The van der Waals surface area contributed by atoms with Gasteiger partial charge in [0, 0.05) is 13.1 Å². The molecule has 0 aromatic carbocycles. The van der Waals surface area contributed by atoms with E-state index in [9.17, 15) is 14.7 Å². The molecule has 2 amide bonds. The van der Waals surface area contributed by atoms with Crippen molar-refractivity contribution in [2.75, 3.05) is 13.1 Å². The molecule has 7 heteroatoms. The molecule has 2 fully saturated rings. The van der Waals surface area contributed by atoms with Crippen molar-refractivity contribution < 1.29 is 19.1 Å². The van der Waals surface area contributed by atoms with E-state index in [1.54, 1.807) is 11.8 Å². The van der Waals surface area contributed by atoms with Gasteiger partial charge in [-0.1, -0.05) is 6.42 Å². The van der Waals surface area contributed by atoms with Crippen LogP contribution in [0.2, 0.25) is 0 Å². The van der Waals surface area contributed by atoms with E-state index in [2.05, 4.69) is 10.3 Å². The SMILES string of the molecule is Cc1ocnc1CNC(=O)N1C[C@@H]2CCC[C@@]2(C(=O)O)C1. The summed E-state index contributed by atoms with van der Waals surface area (Å²) in [6.45, 7) is 2.91. The molecule has 1 aromatic rings.